The third-order valence-corrected chi connectivity index (χ3v) is 7.01. The van der Waals surface area contributed by atoms with Crippen LogP contribution in [0.2, 0.25) is 0 Å². The van der Waals surface area contributed by atoms with Gasteiger partial charge in [-0.1, -0.05) is 24.3 Å². The van der Waals surface area contributed by atoms with Gasteiger partial charge in [0.05, 0.1) is 40.2 Å². The Bertz CT molecular complexity index is 1500. The summed E-state index contributed by atoms with van der Waals surface area (Å²) >= 11 is 0. The first-order valence-corrected chi connectivity index (χ1v) is 12.9. The lowest BCUT2D eigenvalue weighted by molar-refractivity contribution is 0.0589. The van der Waals surface area contributed by atoms with Crippen molar-refractivity contribution in [3.63, 3.8) is 0 Å². The highest BCUT2D eigenvalue weighted by molar-refractivity contribution is 6.07. The van der Waals surface area contributed by atoms with Crippen molar-refractivity contribution in [3.8, 4) is 56.5 Å². The lowest BCUT2D eigenvalue weighted by Gasteiger charge is -2.24. The summed E-state index contributed by atoms with van der Waals surface area (Å²) in [6.45, 7) is 4.60. The predicted octanol–water partition coefficient (Wildman–Crippen LogP) is 6.64. The van der Waals surface area contributed by atoms with Crippen LogP contribution in [0.3, 0.4) is 0 Å². The van der Waals surface area contributed by atoms with E-state index in [1.165, 1.54) is 7.11 Å². The van der Waals surface area contributed by atoms with Crippen molar-refractivity contribution < 1.29 is 28.5 Å². The van der Waals surface area contributed by atoms with E-state index in [0.29, 0.717) is 23.7 Å². The largest absolute Gasteiger partial charge is 0.497 e. The lowest BCUT2D eigenvalue weighted by atomic mass is 9.90. The third kappa shape index (κ3) is 4.69. The minimum Gasteiger partial charge on any atom is -0.497 e. The molecule has 1 aliphatic rings. The Hall–Kier alpha value is -4.39. The number of esters is 1. The second-order valence-corrected chi connectivity index (χ2v) is 9.62. The highest BCUT2D eigenvalue weighted by Crippen LogP contribution is 2.50. The molecule has 0 spiro atoms. The minimum absolute atomic E-state index is 0.00636. The summed E-state index contributed by atoms with van der Waals surface area (Å²) in [5.74, 6) is 2.45. The number of hydrogen-bond donors (Lipinski definition) is 0. The molecule has 5 rings (SSSR count). The summed E-state index contributed by atoms with van der Waals surface area (Å²) in [6, 6.07) is 19.7. The molecule has 39 heavy (non-hydrogen) atoms. The molecule has 3 aromatic carbocycles. The van der Waals surface area contributed by atoms with E-state index >= 15 is 0 Å². The van der Waals surface area contributed by atoms with Crippen LogP contribution in [0, 0.1) is 0 Å². The predicted molar refractivity (Wildman–Crippen MR) is 151 cm³/mol. The van der Waals surface area contributed by atoms with Crippen molar-refractivity contribution in [2.45, 2.75) is 32.9 Å². The average molecular weight is 528 g/mol. The SMILES string of the molecule is COC(=O)c1c(-c2ccc(OC)cc2)c(-c2ccc(OC)cc2)c2n1CCc1cc(OC(C)C)c(OC)cc1-2. The molecular formula is C32H33NO6. The maximum Gasteiger partial charge on any atom is 0.355 e. The van der Waals surface area contributed by atoms with Crippen LogP contribution >= 0.6 is 0 Å². The molecule has 0 radical (unpaired) electrons. The Morgan fingerprint density at radius 1 is 0.769 bits per heavy atom. The molecule has 0 unspecified atom stereocenters. The Kier molecular flexibility index (Phi) is 7.24. The standard InChI is InChI=1S/C32H33NO6/c1-19(2)39-27-17-22-15-16-33-30(25(22)18-26(27)37-5)28(20-7-11-23(35-3)12-8-20)29(31(33)32(34)38-6)21-9-13-24(36-4)14-10-21/h7-14,17-19H,15-16H2,1-6H3. The van der Waals surface area contributed by atoms with Crippen molar-refractivity contribution in [1.29, 1.82) is 0 Å². The number of carbonyl (C=O) groups is 1. The van der Waals surface area contributed by atoms with Gasteiger partial charge >= 0.3 is 5.97 Å². The second kappa shape index (κ2) is 10.8. The molecule has 4 aromatic rings. The number of carbonyl (C=O) groups excluding carboxylic acids is 1. The maximum absolute atomic E-state index is 13.4. The summed E-state index contributed by atoms with van der Waals surface area (Å²) in [5.41, 5.74) is 7.14. The number of aromatic nitrogens is 1. The van der Waals surface area contributed by atoms with Gasteiger partial charge < -0.3 is 28.3 Å². The van der Waals surface area contributed by atoms with E-state index in [0.717, 1.165) is 57.0 Å². The molecule has 0 saturated heterocycles. The van der Waals surface area contributed by atoms with Gasteiger partial charge in [-0.2, -0.15) is 0 Å². The molecule has 0 bridgehead atoms. The number of methoxy groups -OCH3 is 4. The van der Waals surface area contributed by atoms with Gasteiger partial charge in [0.25, 0.3) is 0 Å². The molecule has 0 amide bonds. The minimum atomic E-state index is -0.392. The van der Waals surface area contributed by atoms with Gasteiger partial charge in [0.2, 0.25) is 0 Å². The van der Waals surface area contributed by atoms with E-state index in [2.05, 4.69) is 10.6 Å². The van der Waals surface area contributed by atoms with E-state index in [1.54, 1.807) is 21.3 Å². The quantitative estimate of drug-likeness (QED) is 0.239. The smallest absolute Gasteiger partial charge is 0.355 e. The van der Waals surface area contributed by atoms with Crippen LogP contribution < -0.4 is 18.9 Å². The van der Waals surface area contributed by atoms with Crippen molar-refractivity contribution in [2.24, 2.45) is 0 Å². The Balaban J connectivity index is 1.86. The average Bonchev–Trinajstić information content (AvgIpc) is 3.31. The summed E-state index contributed by atoms with van der Waals surface area (Å²) in [4.78, 5) is 13.4. The number of rotatable bonds is 8. The van der Waals surface area contributed by atoms with Crippen molar-refractivity contribution in [2.75, 3.05) is 28.4 Å². The van der Waals surface area contributed by atoms with E-state index in [9.17, 15) is 4.79 Å². The zero-order valence-corrected chi connectivity index (χ0v) is 23.2. The van der Waals surface area contributed by atoms with E-state index in [4.69, 9.17) is 23.7 Å². The zero-order chi connectivity index (χ0) is 27.7. The third-order valence-electron chi connectivity index (χ3n) is 7.01. The molecule has 0 aliphatic carbocycles. The van der Waals surface area contributed by atoms with Crippen molar-refractivity contribution in [1.82, 2.24) is 4.57 Å². The molecule has 1 aromatic heterocycles. The number of fused-ring (bicyclic) bond motifs is 3. The number of benzene rings is 3. The monoisotopic (exact) mass is 527 g/mol. The van der Waals surface area contributed by atoms with Gasteiger partial charge in [-0.15, -0.1) is 0 Å². The van der Waals surface area contributed by atoms with Gasteiger partial charge in [0.15, 0.2) is 11.5 Å². The molecule has 202 valence electrons. The first kappa shape index (κ1) is 26.2. The lowest BCUT2D eigenvalue weighted by Crippen LogP contribution is -2.18. The highest BCUT2D eigenvalue weighted by Gasteiger charge is 2.33. The fourth-order valence-corrected chi connectivity index (χ4v) is 5.28. The Labute approximate surface area is 228 Å². The molecule has 2 heterocycles. The van der Waals surface area contributed by atoms with Crippen LogP contribution in [0.15, 0.2) is 60.7 Å². The van der Waals surface area contributed by atoms with Crippen LogP contribution in [0.1, 0.15) is 29.9 Å². The molecule has 0 N–H and O–H groups in total. The zero-order valence-electron chi connectivity index (χ0n) is 23.2. The fourth-order valence-electron chi connectivity index (χ4n) is 5.28. The van der Waals surface area contributed by atoms with E-state index < -0.39 is 5.97 Å². The number of ether oxygens (including phenoxy) is 5. The normalized spacial score (nSPS) is 12.0. The van der Waals surface area contributed by atoms with Gasteiger partial charge in [-0.3, -0.25) is 0 Å². The summed E-state index contributed by atoms with van der Waals surface area (Å²) in [7, 11) is 6.34. The first-order chi connectivity index (χ1) is 18.9. The van der Waals surface area contributed by atoms with Crippen molar-refractivity contribution >= 4 is 5.97 Å². The molecule has 7 nitrogen and oxygen atoms in total. The molecule has 0 fully saturated rings. The van der Waals surface area contributed by atoms with Gasteiger partial charge in [0.1, 0.15) is 17.2 Å². The topological polar surface area (TPSA) is 68.2 Å². The van der Waals surface area contributed by atoms with Crippen LogP contribution in [0.5, 0.6) is 23.0 Å². The van der Waals surface area contributed by atoms with E-state index in [1.807, 2.05) is 68.4 Å². The maximum atomic E-state index is 13.4. The molecular weight excluding hydrogens is 494 g/mol. The number of aryl methyl sites for hydroxylation is 1. The Morgan fingerprint density at radius 2 is 1.36 bits per heavy atom. The molecule has 1 aliphatic heterocycles. The number of nitrogens with zero attached hydrogens (tertiary/aromatic N) is 1. The molecule has 0 atom stereocenters. The van der Waals surface area contributed by atoms with Gasteiger partial charge in [-0.25, -0.2) is 4.79 Å². The molecule has 7 heteroatoms. The molecule has 0 saturated carbocycles. The highest BCUT2D eigenvalue weighted by atomic mass is 16.5. The van der Waals surface area contributed by atoms with Gasteiger partial charge in [0, 0.05) is 23.2 Å². The van der Waals surface area contributed by atoms with E-state index in [-0.39, 0.29) is 6.10 Å². The second-order valence-electron chi connectivity index (χ2n) is 9.62. The van der Waals surface area contributed by atoms with Crippen LogP contribution in [0.4, 0.5) is 0 Å². The van der Waals surface area contributed by atoms with Crippen molar-refractivity contribution in [3.05, 3.63) is 71.9 Å². The summed E-state index contributed by atoms with van der Waals surface area (Å²) < 4.78 is 30.1. The Morgan fingerprint density at radius 3 is 1.87 bits per heavy atom. The fraction of sp³-hybridized carbons (Fsp3) is 0.281. The van der Waals surface area contributed by atoms with Gasteiger partial charge in [-0.05, 0) is 73.4 Å². The van der Waals surface area contributed by atoms with Crippen LogP contribution in [0.25, 0.3) is 33.5 Å². The summed E-state index contributed by atoms with van der Waals surface area (Å²) in [5, 5.41) is 0. The first-order valence-electron chi connectivity index (χ1n) is 12.9. The van der Waals surface area contributed by atoms with Crippen LogP contribution in [-0.4, -0.2) is 45.1 Å². The number of hydrogen-bond acceptors (Lipinski definition) is 6. The summed E-state index contributed by atoms with van der Waals surface area (Å²) in [6.07, 6.45) is 0.732. The van der Waals surface area contributed by atoms with Crippen LogP contribution in [-0.2, 0) is 17.7 Å².